The van der Waals surface area contributed by atoms with Crippen molar-refractivity contribution in [3.05, 3.63) is 72.9 Å². The van der Waals surface area contributed by atoms with Gasteiger partial charge in [-0.15, -0.1) is 0 Å². The van der Waals surface area contributed by atoms with Crippen molar-refractivity contribution in [2.75, 3.05) is 13.2 Å². The third-order valence-electron chi connectivity index (χ3n) is 14.7. The van der Waals surface area contributed by atoms with E-state index in [2.05, 4.69) is 93.7 Å². The molecule has 0 rings (SSSR count). The fourth-order valence-corrected chi connectivity index (χ4v) is 9.74. The first-order valence-corrected chi connectivity index (χ1v) is 33.4. The van der Waals surface area contributed by atoms with Gasteiger partial charge in [0, 0.05) is 19.3 Å². The van der Waals surface area contributed by atoms with Gasteiger partial charge < -0.3 is 14.2 Å². The van der Waals surface area contributed by atoms with Crippen LogP contribution in [-0.2, 0) is 28.6 Å². The second kappa shape index (κ2) is 65.4. The average molecular weight is 1080 g/mol. The Labute approximate surface area is 478 Å². The fourth-order valence-electron chi connectivity index (χ4n) is 9.74. The molecule has 0 radical (unpaired) electrons. The maximum atomic E-state index is 12.9. The molecule has 446 valence electrons. The van der Waals surface area contributed by atoms with Crippen LogP contribution in [0.4, 0.5) is 0 Å². The third-order valence-corrected chi connectivity index (χ3v) is 14.7. The first-order chi connectivity index (χ1) is 38.0. The molecule has 0 aliphatic heterocycles. The maximum absolute atomic E-state index is 12.9. The maximum Gasteiger partial charge on any atom is 0.306 e. The summed E-state index contributed by atoms with van der Waals surface area (Å²) in [5.74, 6) is -0.884. The number of esters is 3. The van der Waals surface area contributed by atoms with Crippen LogP contribution in [-0.4, -0.2) is 37.2 Å². The van der Waals surface area contributed by atoms with Gasteiger partial charge in [-0.25, -0.2) is 0 Å². The number of hydrogen-bond acceptors (Lipinski definition) is 6. The van der Waals surface area contributed by atoms with Crippen LogP contribution in [0.1, 0.15) is 342 Å². The average Bonchev–Trinajstić information content (AvgIpc) is 3.43. The number of rotatable bonds is 61. The smallest absolute Gasteiger partial charge is 0.306 e. The van der Waals surface area contributed by atoms with E-state index in [1.54, 1.807) is 0 Å². The molecule has 0 aromatic rings. The van der Waals surface area contributed by atoms with Crippen molar-refractivity contribution in [3.63, 3.8) is 0 Å². The first kappa shape index (κ1) is 73.8. The Bertz CT molecular complexity index is 1420. The molecule has 0 aliphatic rings. The summed E-state index contributed by atoms with van der Waals surface area (Å²) >= 11 is 0. The minimum absolute atomic E-state index is 0.0778. The van der Waals surface area contributed by atoms with Crippen molar-refractivity contribution in [2.45, 2.75) is 348 Å². The summed E-state index contributed by atoms with van der Waals surface area (Å²) in [5, 5.41) is 0. The second-order valence-electron chi connectivity index (χ2n) is 22.4. The zero-order valence-corrected chi connectivity index (χ0v) is 51.2. The number of unbranched alkanes of at least 4 members (excludes halogenated alkanes) is 38. The quantitative estimate of drug-likeness (QED) is 0.0261. The van der Waals surface area contributed by atoms with Gasteiger partial charge >= 0.3 is 17.9 Å². The summed E-state index contributed by atoms with van der Waals surface area (Å²) < 4.78 is 16.9. The van der Waals surface area contributed by atoms with Crippen molar-refractivity contribution in [3.8, 4) is 0 Å². The Morgan fingerprint density at radius 2 is 0.506 bits per heavy atom. The van der Waals surface area contributed by atoms with Gasteiger partial charge in [0.05, 0.1) is 0 Å². The molecule has 0 aromatic carbocycles. The van der Waals surface area contributed by atoms with Crippen LogP contribution in [0.3, 0.4) is 0 Å². The van der Waals surface area contributed by atoms with E-state index >= 15 is 0 Å². The minimum Gasteiger partial charge on any atom is -0.462 e. The van der Waals surface area contributed by atoms with Gasteiger partial charge in [0.15, 0.2) is 6.10 Å². The van der Waals surface area contributed by atoms with Crippen LogP contribution in [0.25, 0.3) is 0 Å². The molecule has 0 spiro atoms. The van der Waals surface area contributed by atoms with Crippen LogP contribution in [0.15, 0.2) is 72.9 Å². The summed E-state index contributed by atoms with van der Waals surface area (Å²) in [6, 6.07) is 0. The summed E-state index contributed by atoms with van der Waals surface area (Å²) in [4.78, 5) is 38.1. The van der Waals surface area contributed by atoms with Crippen molar-refractivity contribution < 1.29 is 28.6 Å². The largest absolute Gasteiger partial charge is 0.462 e. The molecule has 1 unspecified atom stereocenters. The lowest BCUT2D eigenvalue weighted by Crippen LogP contribution is -2.30. The fraction of sp³-hybridized carbons (Fsp3) is 0.789. The lowest BCUT2D eigenvalue weighted by Gasteiger charge is -2.18. The van der Waals surface area contributed by atoms with Crippen molar-refractivity contribution in [2.24, 2.45) is 0 Å². The Hall–Kier alpha value is -3.15. The van der Waals surface area contributed by atoms with Crippen molar-refractivity contribution in [1.29, 1.82) is 0 Å². The van der Waals surface area contributed by atoms with Crippen LogP contribution in [0.5, 0.6) is 0 Å². The molecular formula is C71H126O6. The van der Waals surface area contributed by atoms with Crippen molar-refractivity contribution in [1.82, 2.24) is 0 Å². The normalized spacial score (nSPS) is 12.5. The zero-order chi connectivity index (χ0) is 55.7. The Kier molecular flexibility index (Phi) is 62.7. The van der Waals surface area contributed by atoms with Gasteiger partial charge in [0.2, 0.25) is 0 Å². The van der Waals surface area contributed by atoms with E-state index in [1.807, 2.05) is 0 Å². The van der Waals surface area contributed by atoms with Gasteiger partial charge in [0.1, 0.15) is 13.2 Å². The lowest BCUT2D eigenvalue weighted by atomic mass is 10.0. The van der Waals surface area contributed by atoms with Gasteiger partial charge in [-0.3, -0.25) is 14.4 Å². The van der Waals surface area contributed by atoms with E-state index in [1.165, 1.54) is 193 Å². The molecule has 0 saturated carbocycles. The van der Waals surface area contributed by atoms with Crippen molar-refractivity contribution >= 4 is 17.9 Å². The molecule has 6 heteroatoms. The minimum atomic E-state index is -0.780. The highest BCUT2D eigenvalue weighted by molar-refractivity contribution is 5.71. The molecule has 6 nitrogen and oxygen atoms in total. The molecule has 77 heavy (non-hydrogen) atoms. The summed E-state index contributed by atoms with van der Waals surface area (Å²) in [6.07, 6.45) is 85.2. The van der Waals surface area contributed by atoms with Crippen LogP contribution in [0.2, 0.25) is 0 Å². The molecular weight excluding hydrogens is 949 g/mol. The standard InChI is InChI=1S/C71H126O6/c1-4-7-10-13-16-18-20-22-24-26-28-30-32-34-35-37-38-40-42-44-46-48-50-52-55-58-61-64-70(73)76-67-68(66-75-69(72)63-60-57-54-15-12-9-6-3)77-71(74)65-62-59-56-53-51-49-47-45-43-41-39-36-33-31-29-27-25-23-21-19-17-14-11-8-5-2/h8,11,17,19,23,25,29,31,36,39,43,45,68H,4-7,9-10,12-16,18,20-22,24,26-28,30,32-35,37-38,40-42,44,46-67H2,1-3H3/b11-8-,19-17-,25-23-,31-29-,39-36-,45-43-. The number of allylic oxidation sites excluding steroid dienone is 12. The molecule has 1 atom stereocenters. The molecule has 0 aromatic heterocycles. The third kappa shape index (κ3) is 63.6. The number of carbonyl (C=O) groups is 3. The summed E-state index contributed by atoms with van der Waals surface area (Å²) in [6.45, 7) is 6.52. The molecule has 0 heterocycles. The predicted molar refractivity (Wildman–Crippen MR) is 335 cm³/mol. The van der Waals surface area contributed by atoms with Gasteiger partial charge in [-0.1, -0.05) is 325 Å². The number of hydrogen-bond donors (Lipinski definition) is 0. The molecule has 0 N–H and O–H groups in total. The summed E-state index contributed by atoms with van der Waals surface area (Å²) in [5.41, 5.74) is 0. The number of ether oxygens (including phenoxy) is 3. The van der Waals surface area contributed by atoms with E-state index in [4.69, 9.17) is 14.2 Å². The Morgan fingerprint density at radius 3 is 0.792 bits per heavy atom. The highest BCUT2D eigenvalue weighted by Crippen LogP contribution is 2.18. The highest BCUT2D eigenvalue weighted by Gasteiger charge is 2.19. The molecule has 0 amide bonds. The van der Waals surface area contributed by atoms with E-state index in [0.29, 0.717) is 19.3 Å². The SMILES string of the molecule is CC/C=C\C/C=C\C/C=C\C/C=C\C/C=C\C/C=C\CCCCCCCCC(=O)OC(COC(=O)CCCCCCCCC)COC(=O)CCCCCCCCCCCCCCCCCCCCCCCCCCCCC. The van der Waals surface area contributed by atoms with E-state index < -0.39 is 6.10 Å². The van der Waals surface area contributed by atoms with E-state index in [9.17, 15) is 14.4 Å². The van der Waals surface area contributed by atoms with Gasteiger partial charge in [-0.05, 0) is 70.6 Å². The Morgan fingerprint density at radius 1 is 0.273 bits per heavy atom. The van der Waals surface area contributed by atoms with Crippen LogP contribution < -0.4 is 0 Å². The second-order valence-corrected chi connectivity index (χ2v) is 22.4. The molecule has 0 fully saturated rings. The van der Waals surface area contributed by atoms with Gasteiger partial charge in [-0.2, -0.15) is 0 Å². The Balaban J connectivity index is 4.11. The zero-order valence-electron chi connectivity index (χ0n) is 51.2. The van der Waals surface area contributed by atoms with E-state index in [0.717, 1.165) is 109 Å². The highest BCUT2D eigenvalue weighted by atomic mass is 16.6. The van der Waals surface area contributed by atoms with Crippen LogP contribution in [0, 0.1) is 0 Å². The van der Waals surface area contributed by atoms with Crippen LogP contribution >= 0.6 is 0 Å². The topological polar surface area (TPSA) is 78.9 Å². The monoisotopic (exact) mass is 1070 g/mol. The van der Waals surface area contributed by atoms with Gasteiger partial charge in [0.25, 0.3) is 0 Å². The van der Waals surface area contributed by atoms with E-state index in [-0.39, 0.29) is 31.1 Å². The first-order valence-electron chi connectivity index (χ1n) is 33.4. The predicted octanol–water partition coefficient (Wildman–Crippen LogP) is 22.9. The number of carbonyl (C=O) groups excluding carboxylic acids is 3. The molecule has 0 bridgehead atoms. The lowest BCUT2D eigenvalue weighted by molar-refractivity contribution is -0.167. The summed E-state index contributed by atoms with van der Waals surface area (Å²) in [7, 11) is 0. The molecule has 0 saturated heterocycles. The molecule has 0 aliphatic carbocycles.